The van der Waals surface area contributed by atoms with Crippen LogP contribution in [-0.4, -0.2) is 71.0 Å². The van der Waals surface area contributed by atoms with Gasteiger partial charge < -0.3 is 10.6 Å². The van der Waals surface area contributed by atoms with E-state index in [-0.39, 0.29) is 22.9 Å². The van der Waals surface area contributed by atoms with Crippen molar-refractivity contribution in [3.63, 3.8) is 0 Å². The summed E-state index contributed by atoms with van der Waals surface area (Å²) in [5.41, 5.74) is -0.0841. The minimum Gasteiger partial charge on any atom is -0.350 e. The van der Waals surface area contributed by atoms with Gasteiger partial charge >= 0.3 is 0 Å². The van der Waals surface area contributed by atoms with E-state index in [0.29, 0.717) is 25.2 Å². The molecule has 3 saturated carbocycles. The second-order valence-corrected chi connectivity index (χ2v) is 10.5. The summed E-state index contributed by atoms with van der Waals surface area (Å²) in [5.74, 6) is 1.23. The highest BCUT2D eigenvalue weighted by atomic mass is 16.2. The molecule has 2 atom stereocenters. The van der Waals surface area contributed by atoms with Gasteiger partial charge in [-0.15, -0.1) is 0 Å². The summed E-state index contributed by atoms with van der Waals surface area (Å²) in [6, 6.07) is 0.833. The number of likely N-dealkylation sites (tertiary alicyclic amines) is 2. The molecule has 2 amide bonds. The molecule has 0 radical (unpaired) electrons. The van der Waals surface area contributed by atoms with Gasteiger partial charge in [0.1, 0.15) is 0 Å². The van der Waals surface area contributed by atoms with Crippen molar-refractivity contribution in [2.45, 2.75) is 88.9 Å². The number of amides is 2. The van der Waals surface area contributed by atoms with Crippen LogP contribution in [0.3, 0.4) is 0 Å². The van der Waals surface area contributed by atoms with Crippen molar-refractivity contribution in [1.82, 2.24) is 20.4 Å². The van der Waals surface area contributed by atoms with E-state index in [2.05, 4.69) is 20.4 Å². The Morgan fingerprint density at radius 3 is 1.93 bits per heavy atom. The predicted octanol–water partition coefficient (Wildman–Crippen LogP) is 1.50. The van der Waals surface area contributed by atoms with E-state index in [1.807, 2.05) is 20.8 Å². The van der Waals surface area contributed by atoms with Crippen LogP contribution in [0.5, 0.6) is 0 Å². The van der Waals surface area contributed by atoms with Crippen molar-refractivity contribution in [2.24, 2.45) is 5.92 Å². The highest BCUT2D eigenvalue weighted by Gasteiger charge is 2.45. The minimum atomic E-state index is -0.183. The Morgan fingerprint density at radius 1 is 0.926 bits per heavy atom. The molecule has 0 aromatic carbocycles. The van der Waals surface area contributed by atoms with E-state index in [9.17, 15) is 9.59 Å². The summed E-state index contributed by atoms with van der Waals surface area (Å²) in [6.07, 6.45) is 8.48. The fraction of sp³-hybridized carbons (Fsp3) is 0.905. The van der Waals surface area contributed by atoms with Crippen LogP contribution in [0.2, 0.25) is 0 Å². The van der Waals surface area contributed by atoms with Gasteiger partial charge in [0.25, 0.3) is 0 Å². The Labute approximate surface area is 163 Å². The lowest BCUT2D eigenvalue weighted by atomic mass is 9.66. The number of fused-ring (bicyclic) bond motifs is 5. The molecule has 5 fully saturated rings. The van der Waals surface area contributed by atoms with Gasteiger partial charge in [-0.05, 0) is 71.6 Å². The molecule has 3 aliphatic carbocycles. The highest BCUT2D eigenvalue weighted by Crippen LogP contribution is 2.44. The van der Waals surface area contributed by atoms with Gasteiger partial charge in [0, 0.05) is 36.3 Å². The third-order valence-corrected chi connectivity index (χ3v) is 7.17. The first kappa shape index (κ1) is 19.2. The average Bonchev–Trinajstić information content (AvgIpc) is 3.13. The van der Waals surface area contributed by atoms with E-state index in [4.69, 9.17) is 0 Å². The maximum absolute atomic E-state index is 12.7. The van der Waals surface area contributed by atoms with Crippen molar-refractivity contribution in [2.75, 3.05) is 26.2 Å². The monoisotopic (exact) mass is 376 g/mol. The zero-order chi connectivity index (χ0) is 19.2. The van der Waals surface area contributed by atoms with Gasteiger partial charge in [0.05, 0.1) is 13.1 Å². The zero-order valence-corrected chi connectivity index (χ0v) is 17.2. The number of carbonyl (C=O) groups is 2. The van der Waals surface area contributed by atoms with Crippen LogP contribution in [0.1, 0.15) is 65.7 Å². The summed E-state index contributed by atoms with van der Waals surface area (Å²) in [6.45, 7) is 8.86. The SMILES string of the molecule is CC(C)(C)NC(=O)CN1C[C@@H]2C[C@H]1CN2CC(=O)NC12CCC(CC1)CC2. The van der Waals surface area contributed by atoms with E-state index in [1.54, 1.807) is 0 Å². The van der Waals surface area contributed by atoms with Crippen molar-refractivity contribution in [3.8, 4) is 0 Å². The summed E-state index contributed by atoms with van der Waals surface area (Å²) in [4.78, 5) is 29.6. The third kappa shape index (κ3) is 4.32. The smallest absolute Gasteiger partial charge is 0.234 e. The van der Waals surface area contributed by atoms with Gasteiger partial charge in [-0.3, -0.25) is 19.4 Å². The predicted molar refractivity (Wildman–Crippen MR) is 105 cm³/mol. The summed E-state index contributed by atoms with van der Waals surface area (Å²) in [7, 11) is 0. The van der Waals surface area contributed by atoms with Gasteiger partial charge in [-0.2, -0.15) is 0 Å². The molecule has 2 saturated heterocycles. The Balaban J connectivity index is 1.24. The quantitative estimate of drug-likeness (QED) is 0.763. The lowest BCUT2D eigenvalue weighted by molar-refractivity contribution is -0.127. The van der Waals surface area contributed by atoms with Crippen molar-refractivity contribution < 1.29 is 9.59 Å². The number of nitrogens with one attached hydrogen (secondary N) is 2. The van der Waals surface area contributed by atoms with Crippen LogP contribution in [0.25, 0.3) is 0 Å². The zero-order valence-electron chi connectivity index (χ0n) is 17.2. The van der Waals surface area contributed by atoms with Gasteiger partial charge in [0.15, 0.2) is 0 Å². The van der Waals surface area contributed by atoms with Gasteiger partial charge in [0.2, 0.25) is 11.8 Å². The molecule has 2 N–H and O–H groups in total. The van der Waals surface area contributed by atoms with Crippen LogP contribution >= 0.6 is 0 Å². The van der Waals surface area contributed by atoms with Gasteiger partial charge in [-0.25, -0.2) is 0 Å². The molecule has 0 spiro atoms. The number of hydrogen-bond acceptors (Lipinski definition) is 4. The van der Waals surface area contributed by atoms with Crippen LogP contribution in [0.15, 0.2) is 0 Å². The fourth-order valence-corrected chi connectivity index (χ4v) is 5.82. The fourth-order valence-electron chi connectivity index (χ4n) is 5.82. The average molecular weight is 377 g/mol. The second-order valence-electron chi connectivity index (χ2n) is 10.5. The van der Waals surface area contributed by atoms with Crippen LogP contribution in [0, 0.1) is 5.92 Å². The summed E-state index contributed by atoms with van der Waals surface area (Å²) in [5, 5.41) is 6.47. The molecule has 5 aliphatic rings. The first-order chi connectivity index (χ1) is 12.7. The lowest BCUT2D eigenvalue weighted by Gasteiger charge is -2.47. The van der Waals surface area contributed by atoms with Crippen LogP contribution in [0.4, 0.5) is 0 Å². The standard InChI is InChI=1S/C21H36N4O2/c1-20(2,3)22-18(26)13-24-11-17-10-16(24)12-25(17)14-19(27)23-21-7-4-15(5-8-21)6-9-21/h15-17H,4-14H2,1-3H3,(H,22,26)(H,23,27)/t15?,16-,17-,21?/m0/s1. The number of nitrogens with zero attached hydrogens (tertiary/aromatic N) is 2. The molecular formula is C21H36N4O2. The summed E-state index contributed by atoms with van der Waals surface area (Å²) < 4.78 is 0. The van der Waals surface area contributed by atoms with Crippen LogP contribution < -0.4 is 10.6 Å². The topological polar surface area (TPSA) is 64.7 Å². The molecule has 2 aliphatic heterocycles. The third-order valence-electron chi connectivity index (χ3n) is 7.17. The molecular weight excluding hydrogens is 340 g/mol. The minimum absolute atomic E-state index is 0.0989. The molecule has 0 aromatic rings. The molecule has 5 rings (SSSR count). The molecule has 152 valence electrons. The number of rotatable bonds is 5. The first-order valence-corrected chi connectivity index (χ1v) is 10.8. The maximum atomic E-state index is 12.7. The Hall–Kier alpha value is -1.14. The molecule has 27 heavy (non-hydrogen) atoms. The van der Waals surface area contributed by atoms with E-state index >= 15 is 0 Å². The molecule has 6 heteroatoms. The molecule has 0 unspecified atom stereocenters. The van der Waals surface area contributed by atoms with Crippen LogP contribution in [-0.2, 0) is 9.59 Å². The molecule has 4 bridgehead atoms. The van der Waals surface area contributed by atoms with Crippen molar-refractivity contribution in [3.05, 3.63) is 0 Å². The van der Waals surface area contributed by atoms with Crippen molar-refractivity contribution in [1.29, 1.82) is 0 Å². The largest absolute Gasteiger partial charge is 0.350 e. The van der Waals surface area contributed by atoms with E-state index < -0.39 is 0 Å². The molecule has 0 aromatic heterocycles. The normalized spacial score (nSPS) is 36.2. The molecule has 6 nitrogen and oxygen atoms in total. The summed E-state index contributed by atoms with van der Waals surface area (Å²) >= 11 is 0. The number of carbonyl (C=O) groups excluding carboxylic acids is 2. The lowest BCUT2D eigenvalue weighted by Crippen LogP contribution is -2.57. The molecule has 2 heterocycles. The number of hydrogen-bond donors (Lipinski definition) is 2. The van der Waals surface area contributed by atoms with Crippen molar-refractivity contribution >= 4 is 11.8 Å². The van der Waals surface area contributed by atoms with Gasteiger partial charge in [-0.1, -0.05) is 0 Å². The number of piperazine rings is 1. The van der Waals surface area contributed by atoms with E-state index in [0.717, 1.165) is 25.4 Å². The Bertz CT molecular complexity index is 578. The Kier molecular flexibility index (Phi) is 5.00. The Morgan fingerprint density at radius 2 is 1.44 bits per heavy atom. The maximum Gasteiger partial charge on any atom is 0.234 e. The first-order valence-electron chi connectivity index (χ1n) is 10.8. The second kappa shape index (κ2) is 7.03. The highest BCUT2D eigenvalue weighted by molar-refractivity contribution is 5.79. The van der Waals surface area contributed by atoms with E-state index in [1.165, 1.54) is 38.5 Å².